The molecule has 0 aliphatic heterocycles. The van der Waals surface area contributed by atoms with Gasteiger partial charge in [0.15, 0.2) is 0 Å². The third kappa shape index (κ3) is 2.03. The van der Waals surface area contributed by atoms with E-state index in [9.17, 15) is 13.6 Å². The molecule has 0 saturated carbocycles. The highest BCUT2D eigenvalue weighted by Crippen LogP contribution is 2.29. The Labute approximate surface area is 85.1 Å². The summed E-state index contributed by atoms with van der Waals surface area (Å²) in [4.78, 5) is 14.9. The second-order valence-electron chi connectivity index (χ2n) is 2.88. The van der Waals surface area contributed by atoms with E-state index in [0.29, 0.717) is 0 Å². The maximum absolute atomic E-state index is 12.7. The van der Waals surface area contributed by atoms with Crippen LogP contribution in [0.2, 0.25) is 0 Å². The highest BCUT2D eigenvalue weighted by molar-refractivity contribution is 5.96. The SMILES string of the molecule is COC(=O)c1c(N)cnc(C)c1C(F)F. The van der Waals surface area contributed by atoms with Crippen LogP contribution in [0.5, 0.6) is 0 Å². The van der Waals surface area contributed by atoms with Crippen LogP contribution in [-0.2, 0) is 4.74 Å². The number of aromatic nitrogens is 1. The summed E-state index contributed by atoms with van der Waals surface area (Å²) in [6.45, 7) is 1.38. The molecule has 1 heterocycles. The van der Waals surface area contributed by atoms with E-state index in [2.05, 4.69) is 9.72 Å². The molecule has 0 amide bonds. The van der Waals surface area contributed by atoms with E-state index >= 15 is 0 Å². The first-order valence-electron chi connectivity index (χ1n) is 4.10. The van der Waals surface area contributed by atoms with Gasteiger partial charge >= 0.3 is 5.97 Å². The maximum Gasteiger partial charge on any atom is 0.340 e. The number of rotatable bonds is 2. The van der Waals surface area contributed by atoms with Crippen LogP contribution in [0.25, 0.3) is 0 Å². The molecule has 0 spiro atoms. The topological polar surface area (TPSA) is 65.2 Å². The second-order valence-corrected chi connectivity index (χ2v) is 2.88. The molecule has 0 aromatic carbocycles. The molecule has 0 bridgehead atoms. The molecule has 0 radical (unpaired) electrons. The number of nitrogens with zero attached hydrogens (tertiary/aromatic N) is 1. The predicted octanol–water partition coefficient (Wildman–Crippen LogP) is 1.70. The van der Waals surface area contributed by atoms with Crippen LogP contribution in [-0.4, -0.2) is 18.1 Å². The lowest BCUT2D eigenvalue weighted by Gasteiger charge is -2.11. The molecule has 1 rings (SSSR count). The van der Waals surface area contributed by atoms with E-state index in [-0.39, 0.29) is 16.9 Å². The van der Waals surface area contributed by atoms with Gasteiger partial charge in [0.2, 0.25) is 0 Å². The molecular formula is C9H10F2N2O2. The number of esters is 1. The molecule has 0 saturated heterocycles. The minimum Gasteiger partial charge on any atom is -0.465 e. The van der Waals surface area contributed by atoms with Gasteiger partial charge < -0.3 is 10.5 Å². The largest absolute Gasteiger partial charge is 0.465 e. The Morgan fingerprint density at radius 2 is 2.20 bits per heavy atom. The normalized spacial score (nSPS) is 10.5. The van der Waals surface area contributed by atoms with Gasteiger partial charge in [-0.3, -0.25) is 4.98 Å². The van der Waals surface area contributed by atoms with Crippen molar-refractivity contribution < 1.29 is 18.3 Å². The standard InChI is InChI=1S/C9H10F2N2O2/c1-4-6(8(10)11)7(9(14)15-2)5(12)3-13-4/h3,8H,12H2,1-2H3. The van der Waals surface area contributed by atoms with Crippen LogP contribution in [0.1, 0.15) is 28.0 Å². The average Bonchev–Trinajstić information content (AvgIpc) is 2.19. The Bertz CT molecular complexity index is 394. The first-order valence-corrected chi connectivity index (χ1v) is 4.10. The zero-order valence-electron chi connectivity index (χ0n) is 8.25. The van der Waals surface area contributed by atoms with Gasteiger partial charge in [0.1, 0.15) is 0 Å². The smallest absolute Gasteiger partial charge is 0.340 e. The molecule has 0 unspecified atom stereocenters. The Hall–Kier alpha value is -1.72. The summed E-state index contributed by atoms with van der Waals surface area (Å²) in [6, 6.07) is 0. The lowest BCUT2D eigenvalue weighted by Crippen LogP contribution is -2.12. The molecule has 15 heavy (non-hydrogen) atoms. The van der Waals surface area contributed by atoms with Crippen molar-refractivity contribution in [2.45, 2.75) is 13.3 Å². The summed E-state index contributed by atoms with van der Waals surface area (Å²) in [5, 5.41) is 0. The number of aryl methyl sites for hydroxylation is 1. The average molecular weight is 216 g/mol. The summed E-state index contributed by atoms with van der Waals surface area (Å²) in [5.74, 6) is -0.881. The number of hydrogen-bond donors (Lipinski definition) is 1. The molecule has 2 N–H and O–H groups in total. The van der Waals surface area contributed by atoms with Crippen LogP contribution in [0, 0.1) is 6.92 Å². The number of nitrogens with two attached hydrogens (primary N) is 1. The van der Waals surface area contributed by atoms with Crippen molar-refractivity contribution in [1.29, 1.82) is 0 Å². The molecule has 82 valence electrons. The van der Waals surface area contributed by atoms with E-state index in [1.54, 1.807) is 0 Å². The van der Waals surface area contributed by atoms with Gasteiger partial charge in [-0.15, -0.1) is 0 Å². The van der Waals surface area contributed by atoms with E-state index in [1.807, 2.05) is 0 Å². The molecule has 6 heteroatoms. The number of halogens is 2. The fourth-order valence-corrected chi connectivity index (χ4v) is 1.23. The zero-order valence-corrected chi connectivity index (χ0v) is 8.25. The van der Waals surface area contributed by atoms with Gasteiger partial charge in [0, 0.05) is 5.69 Å². The highest BCUT2D eigenvalue weighted by atomic mass is 19.3. The maximum atomic E-state index is 12.7. The summed E-state index contributed by atoms with van der Waals surface area (Å²) in [5.41, 5.74) is 4.59. The van der Waals surface area contributed by atoms with Crippen LogP contribution < -0.4 is 5.73 Å². The van der Waals surface area contributed by atoms with Gasteiger partial charge in [0.05, 0.1) is 30.1 Å². The monoisotopic (exact) mass is 216 g/mol. The van der Waals surface area contributed by atoms with Crippen LogP contribution in [0.3, 0.4) is 0 Å². The van der Waals surface area contributed by atoms with Crippen molar-refractivity contribution in [1.82, 2.24) is 4.98 Å². The lowest BCUT2D eigenvalue weighted by molar-refractivity contribution is 0.0590. The molecule has 0 fully saturated rings. The number of ether oxygens (including phenoxy) is 1. The third-order valence-corrected chi connectivity index (χ3v) is 1.95. The number of alkyl halides is 2. The van der Waals surface area contributed by atoms with E-state index in [1.165, 1.54) is 6.92 Å². The van der Waals surface area contributed by atoms with Crippen molar-refractivity contribution in [3.05, 3.63) is 23.0 Å². The number of anilines is 1. The van der Waals surface area contributed by atoms with Crippen molar-refractivity contribution in [3.63, 3.8) is 0 Å². The molecule has 0 atom stereocenters. The van der Waals surface area contributed by atoms with Crippen molar-refractivity contribution in [2.75, 3.05) is 12.8 Å². The van der Waals surface area contributed by atoms with E-state index in [4.69, 9.17) is 5.73 Å². The number of pyridine rings is 1. The van der Waals surface area contributed by atoms with Gasteiger partial charge in [0.25, 0.3) is 6.43 Å². The van der Waals surface area contributed by atoms with Gasteiger partial charge in [-0.25, -0.2) is 13.6 Å². The molecule has 1 aromatic rings. The predicted molar refractivity (Wildman–Crippen MR) is 49.7 cm³/mol. The summed E-state index contributed by atoms with van der Waals surface area (Å²) < 4.78 is 29.7. The highest BCUT2D eigenvalue weighted by Gasteiger charge is 2.24. The molecule has 0 aliphatic rings. The molecular weight excluding hydrogens is 206 g/mol. The zero-order chi connectivity index (χ0) is 11.6. The van der Waals surface area contributed by atoms with Crippen LogP contribution >= 0.6 is 0 Å². The molecule has 1 aromatic heterocycles. The Morgan fingerprint density at radius 3 is 2.67 bits per heavy atom. The third-order valence-electron chi connectivity index (χ3n) is 1.95. The summed E-state index contributed by atoms with van der Waals surface area (Å²) in [6.07, 6.45) is -1.65. The Balaban J connectivity index is 3.45. The van der Waals surface area contributed by atoms with Crippen molar-refractivity contribution in [3.8, 4) is 0 Å². The van der Waals surface area contributed by atoms with Gasteiger partial charge in [-0.05, 0) is 6.92 Å². The number of hydrogen-bond acceptors (Lipinski definition) is 4. The molecule has 0 aliphatic carbocycles. The number of carbonyl (C=O) groups excluding carboxylic acids is 1. The van der Waals surface area contributed by atoms with Crippen LogP contribution in [0.15, 0.2) is 6.20 Å². The van der Waals surface area contributed by atoms with Gasteiger partial charge in [-0.1, -0.05) is 0 Å². The first kappa shape index (κ1) is 11.4. The van der Waals surface area contributed by atoms with Crippen molar-refractivity contribution in [2.24, 2.45) is 0 Å². The van der Waals surface area contributed by atoms with E-state index < -0.39 is 18.0 Å². The minimum atomic E-state index is -2.81. The Morgan fingerprint density at radius 1 is 1.60 bits per heavy atom. The lowest BCUT2D eigenvalue weighted by atomic mass is 10.1. The minimum absolute atomic E-state index is 0.0691. The van der Waals surface area contributed by atoms with E-state index in [0.717, 1.165) is 13.3 Å². The number of carbonyl (C=O) groups is 1. The first-order chi connectivity index (χ1) is 6.99. The number of nitrogen functional groups attached to an aromatic ring is 1. The second kappa shape index (κ2) is 4.20. The fourth-order valence-electron chi connectivity index (χ4n) is 1.23. The summed E-state index contributed by atoms with van der Waals surface area (Å²) >= 11 is 0. The van der Waals surface area contributed by atoms with Crippen molar-refractivity contribution >= 4 is 11.7 Å². The van der Waals surface area contributed by atoms with Crippen LogP contribution in [0.4, 0.5) is 14.5 Å². The fraction of sp³-hybridized carbons (Fsp3) is 0.333. The van der Waals surface area contributed by atoms with Gasteiger partial charge in [-0.2, -0.15) is 0 Å². The quantitative estimate of drug-likeness (QED) is 0.764. The number of methoxy groups -OCH3 is 1. The summed E-state index contributed by atoms with van der Waals surface area (Å²) in [7, 11) is 1.10. The Kier molecular flexibility index (Phi) is 3.18. The molecule has 4 nitrogen and oxygen atoms in total.